The molecule has 2 heterocycles. The number of hydrogen-bond acceptors (Lipinski definition) is 5. The number of rotatable bonds is 4. The minimum atomic E-state index is -1.15. The number of carbonyl (C=O) groups excluding carboxylic acids is 2. The van der Waals surface area contributed by atoms with E-state index >= 15 is 0 Å². The van der Waals surface area contributed by atoms with Crippen LogP contribution in [0.2, 0.25) is 0 Å². The topological polar surface area (TPSA) is 99.2 Å². The molecule has 0 aliphatic carbocycles. The van der Waals surface area contributed by atoms with Gasteiger partial charge in [0.1, 0.15) is 13.2 Å². The van der Waals surface area contributed by atoms with Gasteiger partial charge in [0.25, 0.3) is 5.91 Å². The van der Waals surface area contributed by atoms with Crippen LogP contribution >= 0.6 is 0 Å². The Kier molecular flexibility index (Phi) is 5.51. The Balaban J connectivity index is 1.76. The Morgan fingerprint density at radius 1 is 1.14 bits per heavy atom. The van der Waals surface area contributed by atoms with Gasteiger partial charge >= 0.3 is 12.0 Å². The van der Waals surface area contributed by atoms with Crippen molar-refractivity contribution in [3.8, 4) is 0 Å². The quantitative estimate of drug-likeness (QED) is 0.725. The lowest BCUT2D eigenvalue weighted by molar-refractivity contribution is -0.143. The van der Waals surface area contributed by atoms with E-state index in [1.807, 2.05) is 0 Å². The summed E-state index contributed by atoms with van der Waals surface area (Å²) in [5.74, 6) is -1.77. The van der Waals surface area contributed by atoms with E-state index in [0.29, 0.717) is 19.1 Å². The SMILES string of the molecule is O=C(O)COCC(=O)NC(=O)N1CCCN2CCCC2C1. The standard InChI is InChI=1S/C13H21N3O5/c17-11(8-21-9-12(18)19)14-13(20)16-6-2-5-15-4-1-3-10(15)7-16/h10H,1-9H2,(H,18,19)(H,14,17,20). The van der Waals surface area contributed by atoms with Crippen LogP contribution in [-0.2, 0) is 14.3 Å². The van der Waals surface area contributed by atoms with Gasteiger partial charge in [-0.3, -0.25) is 15.0 Å². The van der Waals surface area contributed by atoms with Gasteiger partial charge in [0.2, 0.25) is 0 Å². The van der Waals surface area contributed by atoms with E-state index in [2.05, 4.69) is 15.0 Å². The molecule has 0 aromatic carbocycles. The molecule has 0 aromatic rings. The third-order valence-electron chi connectivity index (χ3n) is 3.80. The Hall–Kier alpha value is -1.67. The zero-order chi connectivity index (χ0) is 15.2. The van der Waals surface area contributed by atoms with Crippen molar-refractivity contribution in [1.82, 2.24) is 15.1 Å². The molecule has 2 fully saturated rings. The Morgan fingerprint density at radius 3 is 2.67 bits per heavy atom. The highest BCUT2D eigenvalue weighted by molar-refractivity contribution is 5.95. The summed E-state index contributed by atoms with van der Waals surface area (Å²) in [7, 11) is 0. The number of nitrogens with one attached hydrogen (secondary N) is 1. The highest BCUT2D eigenvalue weighted by Crippen LogP contribution is 2.21. The fraction of sp³-hybridized carbons (Fsp3) is 0.769. The maximum atomic E-state index is 12.1. The lowest BCUT2D eigenvalue weighted by Crippen LogP contribution is -2.47. The lowest BCUT2D eigenvalue weighted by atomic mass is 10.2. The number of ether oxygens (including phenoxy) is 1. The number of carboxylic acids is 1. The predicted octanol–water partition coefficient (Wildman–Crippen LogP) is -0.506. The van der Waals surface area contributed by atoms with Crippen LogP contribution < -0.4 is 5.32 Å². The summed E-state index contributed by atoms with van der Waals surface area (Å²) in [5.41, 5.74) is 0. The number of imide groups is 1. The molecule has 2 rings (SSSR count). The van der Waals surface area contributed by atoms with E-state index in [1.54, 1.807) is 4.90 Å². The van der Waals surface area contributed by atoms with Crippen LogP contribution in [0.15, 0.2) is 0 Å². The van der Waals surface area contributed by atoms with Crippen LogP contribution in [0.5, 0.6) is 0 Å². The highest BCUT2D eigenvalue weighted by atomic mass is 16.5. The third-order valence-corrected chi connectivity index (χ3v) is 3.80. The molecule has 2 N–H and O–H groups in total. The molecule has 2 aliphatic rings. The number of urea groups is 1. The van der Waals surface area contributed by atoms with Gasteiger partial charge < -0.3 is 14.7 Å². The predicted molar refractivity (Wildman–Crippen MR) is 72.8 cm³/mol. The van der Waals surface area contributed by atoms with E-state index in [9.17, 15) is 14.4 Å². The number of nitrogens with zero attached hydrogens (tertiary/aromatic N) is 2. The van der Waals surface area contributed by atoms with Crippen LogP contribution in [0.4, 0.5) is 4.79 Å². The molecule has 1 unspecified atom stereocenters. The van der Waals surface area contributed by atoms with Crippen molar-refractivity contribution in [3.63, 3.8) is 0 Å². The van der Waals surface area contributed by atoms with Crippen LogP contribution in [-0.4, -0.2) is 78.2 Å². The largest absolute Gasteiger partial charge is 0.480 e. The van der Waals surface area contributed by atoms with E-state index in [1.165, 1.54) is 0 Å². The van der Waals surface area contributed by atoms with Crippen LogP contribution in [0.1, 0.15) is 19.3 Å². The Bertz CT molecular complexity index is 415. The minimum Gasteiger partial charge on any atom is -0.480 e. The van der Waals surface area contributed by atoms with Gasteiger partial charge in [0.15, 0.2) is 0 Å². The average molecular weight is 299 g/mol. The van der Waals surface area contributed by atoms with Crippen molar-refractivity contribution in [1.29, 1.82) is 0 Å². The second-order valence-corrected chi connectivity index (χ2v) is 5.37. The molecule has 21 heavy (non-hydrogen) atoms. The van der Waals surface area contributed by atoms with Gasteiger partial charge in [0, 0.05) is 25.7 Å². The Labute approximate surface area is 123 Å². The molecule has 0 spiro atoms. The second-order valence-electron chi connectivity index (χ2n) is 5.37. The van der Waals surface area contributed by atoms with E-state index in [0.717, 1.165) is 32.4 Å². The zero-order valence-corrected chi connectivity index (χ0v) is 11.9. The molecule has 0 bridgehead atoms. The van der Waals surface area contributed by atoms with Crippen molar-refractivity contribution in [2.75, 3.05) is 39.4 Å². The number of fused-ring (bicyclic) bond motifs is 1. The number of hydrogen-bond donors (Lipinski definition) is 2. The fourth-order valence-corrected chi connectivity index (χ4v) is 2.86. The molecule has 118 valence electrons. The highest BCUT2D eigenvalue weighted by Gasteiger charge is 2.30. The third kappa shape index (κ3) is 4.68. The molecule has 1 atom stereocenters. The van der Waals surface area contributed by atoms with Gasteiger partial charge in [-0.2, -0.15) is 0 Å². The first kappa shape index (κ1) is 15.7. The molecular formula is C13H21N3O5. The summed E-state index contributed by atoms with van der Waals surface area (Å²) in [4.78, 5) is 37.9. The molecule has 2 saturated heterocycles. The zero-order valence-electron chi connectivity index (χ0n) is 11.9. The maximum absolute atomic E-state index is 12.1. The number of carboxylic acid groups (broad SMARTS) is 1. The van der Waals surface area contributed by atoms with Gasteiger partial charge in [-0.1, -0.05) is 0 Å². The van der Waals surface area contributed by atoms with Crippen molar-refractivity contribution >= 4 is 17.9 Å². The molecule has 3 amide bonds. The maximum Gasteiger partial charge on any atom is 0.329 e. The summed E-state index contributed by atoms with van der Waals surface area (Å²) in [6, 6.07) is -0.0377. The van der Waals surface area contributed by atoms with Gasteiger partial charge in [0.05, 0.1) is 0 Å². The fourth-order valence-electron chi connectivity index (χ4n) is 2.86. The molecule has 0 radical (unpaired) electrons. The van der Waals surface area contributed by atoms with Crippen molar-refractivity contribution in [2.24, 2.45) is 0 Å². The number of carbonyl (C=O) groups is 3. The monoisotopic (exact) mass is 299 g/mol. The van der Waals surface area contributed by atoms with Crippen LogP contribution in [0.3, 0.4) is 0 Å². The lowest BCUT2D eigenvalue weighted by Gasteiger charge is -2.25. The first-order chi connectivity index (χ1) is 10.1. The number of amides is 3. The van der Waals surface area contributed by atoms with Crippen molar-refractivity contribution in [2.45, 2.75) is 25.3 Å². The molecular weight excluding hydrogens is 278 g/mol. The first-order valence-corrected chi connectivity index (χ1v) is 7.18. The van der Waals surface area contributed by atoms with Gasteiger partial charge in [-0.25, -0.2) is 9.59 Å². The second kappa shape index (κ2) is 7.37. The number of aliphatic carboxylic acids is 1. The molecule has 0 aromatic heterocycles. The summed E-state index contributed by atoms with van der Waals surface area (Å²) in [6.07, 6.45) is 3.13. The van der Waals surface area contributed by atoms with Crippen LogP contribution in [0, 0.1) is 0 Å². The van der Waals surface area contributed by atoms with Crippen LogP contribution in [0.25, 0.3) is 0 Å². The van der Waals surface area contributed by atoms with E-state index < -0.39 is 31.1 Å². The Morgan fingerprint density at radius 2 is 1.90 bits per heavy atom. The van der Waals surface area contributed by atoms with Gasteiger partial charge in [-0.15, -0.1) is 0 Å². The normalized spacial score (nSPS) is 22.5. The molecule has 8 nitrogen and oxygen atoms in total. The average Bonchev–Trinajstić information content (AvgIpc) is 2.75. The van der Waals surface area contributed by atoms with E-state index in [-0.39, 0.29) is 0 Å². The summed E-state index contributed by atoms with van der Waals surface area (Å²) >= 11 is 0. The summed E-state index contributed by atoms with van der Waals surface area (Å²) in [6.45, 7) is 2.35. The van der Waals surface area contributed by atoms with Gasteiger partial charge in [-0.05, 0) is 25.8 Å². The summed E-state index contributed by atoms with van der Waals surface area (Å²) in [5, 5.41) is 10.6. The summed E-state index contributed by atoms with van der Waals surface area (Å²) < 4.78 is 4.65. The van der Waals surface area contributed by atoms with E-state index in [4.69, 9.17) is 5.11 Å². The minimum absolute atomic E-state index is 0.386. The van der Waals surface area contributed by atoms with Crippen molar-refractivity contribution in [3.05, 3.63) is 0 Å². The molecule has 8 heteroatoms. The van der Waals surface area contributed by atoms with Crippen molar-refractivity contribution < 1.29 is 24.2 Å². The molecule has 2 aliphatic heterocycles. The first-order valence-electron chi connectivity index (χ1n) is 7.18. The molecule has 0 saturated carbocycles. The smallest absolute Gasteiger partial charge is 0.329 e.